The third kappa shape index (κ3) is 13.9. The number of carbonyl (C=O) groups is 6. The second-order valence-electron chi connectivity index (χ2n) is 39.1. The van der Waals surface area contributed by atoms with E-state index in [0.717, 1.165) is 119 Å². The molecule has 12 nitrogen and oxygen atoms in total. The van der Waals surface area contributed by atoms with E-state index in [1.165, 1.54) is 109 Å². The van der Waals surface area contributed by atoms with E-state index in [2.05, 4.69) is 41.5 Å². The zero-order chi connectivity index (χ0) is 66.8. The number of carbonyl (C=O) groups excluding carboxylic acids is 6. The Morgan fingerprint density at radius 2 is 0.634 bits per heavy atom. The van der Waals surface area contributed by atoms with Crippen LogP contribution in [0.15, 0.2) is 0 Å². The van der Waals surface area contributed by atoms with Crippen LogP contribution in [-0.2, 0) is 57.2 Å². The van der Waals surface area contributed by atoms with Gasteiger partial charge in [0.25, 0.3) is 0 Å². The standard InChI is InChI=1S/C30H44O4.C27H42O4.C26H40O4.6CH4/c1-5-29(2,3)28(32)33-24-14-18-13-23(24)26-21-11-17(25(18)26)12-22(21)27(31)34-30(4)19-7-15-6-16(9-19)10-20(30)8-15;1-5-26(3,4)25(29)30-21-15-17-14-20(21)23-18-12-16(22(17)23)13-19(18)24(28)31-27(6-2)10-8-7-9-11-27;1-5-25(2,3)24(28)29-20-14-16-13-19(20)22-17-11-15(21(16)22)12-18(17)23(27)30-26(4)9-7-6-8-10-26;;;;;;/h15-26H,5-14H2,1-4H3;16-23H,5-15H2,1-4H3;15-22H,5-14H2,1-4H3;6*1H4. The van der Waals surface area contributed by atoms with E-state index in [1.807, 2.05) is 41.5 Å². The highest BCUT2D eigenvalue weighted by Gasteiger charge is 2.71. The molecule has 0 aromatic carbocycles. The van der Waals surface area contributed by atoms with Crippen molar-refractivity contribution in [2.24, 2.45) is 164 Å². The Morgan fingerprint density at radius 3 is 0.960 bits per heavy atom. The van der Waals surface area contributed by atoms with Crippen LogP contribution in [-0.4, -0.2) is 70.9 Å². The molecule has 101 heavy (non-hydrogen) atoms. The van der Waals surface area contributed by atoms with E-state index >= 15 is 0 Å². The average molecular weight is 1410 g/mol. The molecule has 0 amide bonds. The lowest BCUT2D eigenvalue weighted by atomic mass is 9.50. The van der Waals surface area contributed by atoms with Crippen molar-refractivity contribution < 1.29 is 57.2 Å². The van der Waals surface area contributed by atoms with Gasteiger partial charge in [0, 0.05) is 0 Å². The minimum atomic E-state index is -0.406. The van der Waals surface area contributed by atoms with E-state index < -0.39 is 16.2 Å². The van der Waals surface area contributed by atoms with Crippen molar-refractivity contribution >= 4 is 35.8 Å². The molecule has 18 aliphatic rings. The summed E-state index contributed by atoms with van der Waals surface area (Å²) in [6.45, 7) is 24.7. The van der Waals surface area contributed by atoms with Gasteiger partial charge in [-0.25, -0.2) is 0 Å². The minimum Gasteiger partial charge on any atom is -0.462 e. The summed E-state index contributed by atoms with van der Waals surface area (Å²) in [6, 6.07) is 0. The predicted molar refractivity (Wildman–Crippen MR) is 402 cm³/mol. The Morgan fingerprint density at radius 1 is 0.337 bits per heavy atom. The molecular formula is C89H150O12. The molecule has 0 saturated heterocycles. The first kappa shape index (κ1) is 81.9. The van der Waals surface area contributed by atoms with Gasteiger partial charge in [-0.3, -0.25) is 28.8 Å². The molecule has 0 spiro atoms. The van der Waals surface area contributed by atoms with Gasteiger partial charge in [-0.15, -0.1) is 0 Å². The molecule has 0 N–H and O–H groups in total. The maximum absolute atomic E-state index is 13.7. The fourth-order valence-electron chi connectivity index (χ4n) is 27.5. The van der Waals surface area contributed by atoms with Gasteiger partial charge in [-0.05, 0) is 372 Å². The van der Waals surface area contributed by atoms with Gasteiger partial charge in [0.05, 0.1) is 34.0 Å². The van der Waals surface area contributed by atoms with Crippen LogP contribution in [0.4, 0.5) is 0 Å². The second-order valence-corrected chi connectivity index (χ2v) is 39.1. The Hall–Kier alpha value is -3.18. The number of fused-ring (bicyclic) bond motifs is 27. The van der Waals surface area contributed by atoms with Crippen LogP contribution in [0.1, 0.15) is 327 Å². The summed E-state index contributed by atoms with van der Waals surface area (Å²) in [5.41, 5.74) is -1.88. The normalized spacial score (nSPS) is 44.1. The van der Waals surface area contributed by atoms with Gasteiger partial charge in [-0.2, -0.15) is 0 Å². The molecule has 578 valence electrons. The Balaban J connectivity index is 0.000000172. The fraction of sp³-hybridized carbons (Fsp3) is 0.933. The van der Waals surface area contributed by atoms with E-state index in [4.69, 9.17) is 28.4 Å². The number of ether oxygens (including phenoxy) is 6. The maximum Gasteiger partial charge on any atom is 0.311 e. The maximum atomic E-state index is 13.7. The van der Waals surface area contributed by atoms with Gasteiger partial charge in [0.2, 0.25) is 0 Å². The van der Waals surface area contributed by atoms with Crippen molar-refractivity contribution in [3.05, 3.63) is 0 Å². The fourth-order valence-corrected chi connectivity index (χ4v) is 27.5. The van der Waals surface area contributed by atoms with E-state index in [9.17, 15) is 28.8 Å². The van der Waals surface area contributed by atoms with Crippen molar-refractivity contribution in [2.75, 3.05) is 0 Å². The molecule has 24 atom stereocenters. The zero-order valence-corrected chi connectivity index (χ0v) is 61.0. The summed E-state index contributed by atoms with van der Waals surface area (Å²) in [4.78, 5) is 78.7. The minimum absolute atomic E-state index is 0. The van der Waals surface area contributed by atoms with Crippen LogP contribution in [0, 0.1) is 164 Å². The lowest BCUT2D eigenvalue weighted by molar-refractivity contribution is -0.209. The van der Waals surface area contributed by atoms with Crippen LogP contribution in [0.3, 0.4) is 0 Å². The monoisotopic (exact) mass is 1410 g/mol. The van der Waals surface area contributed by atoms with Gasteiger partial charge in [-0.1, -0.05) is 85.1 Å². The molecule has 16 bridgehead atoms. The van der Waals surface area contributed by atoms with Gasteiger partial charge < -0.3 is 28.4 Å². The molecule has 18 aliphatic carbocycles. The topological polar surface area (TPSA) is 158 Å². The lowest BCUT2D eigenvalue weighted by Gasteiger charge is -2.59. The number of rotatable bonds is 16. The summed E-state index contributed by atoms with van der Waals surface area (Å²) < 4.78 is 37.5. The highest BCUT2D eigenvalue weighted by molar-refractivity contribution is 5.78. The number of esters is 6. The first-order valence-electron chi connectivity index (χ1n) is 40.5. The first-order valence-corrected chi connectivity index (χ1v) is 40.5. The summed E-state index contributed by atoms with van der Waals surface area (Å²) in [5, 5.41) is 0. The van der Waals surface area contributed by atoms with E-state index in [0.29, 0.717) is 101 Å². The SMILES string of the molecule is C.C.C.C.C.C.CCC(C)(C)C(=O)OC1CC2CC1C1C3CC(CC3C(=O)OC3(C)C4CC5CC(C4)CC3C5)C21.CCC(C)(C)C(=O)OC1CC2CC1C1C3CC(CC3C(=O)OC3(C)CCCCC3)C21.CCC1(OC(=O)C2CC3CC2C2C4CC(CC4OC(=O)C(C)(C)CC)C32)CCCCC1. The third-order valence-corrected chi connectivity index (χ3v) is 33.3. The van der Waals surface area contributed by atoms with Crippen LogP contribution in [0.5, 0.6) is 0 Å². The van der Waals surface area contributed by atoms with Crippen molar-refractivity contribution in [1.29, 1.82) is 0 Å². The van der Waals surface area contributed by atoms with Crippen LogP contribution < -0.4 is 0 Å². The number of hydrogen-bond acceptors (Lipinski definition) is 12. The molecule has 0 radical (unpaired) electrons. The van der Waals surface area contributed by atoms with Crippen LogP contribution in [0.2, 0.25) is 0 Å². The van der Waals surface area contributed by atoms with Gasteiger partial charge in [0.1, 0.15) is 35.1 Å². The third-order valence-electron chi connectivity index (χ3n) is 33.3. The van der Waals surface area contributed by atoms with Crippen molar-refractivity contribution in [1.82, 2.24) is 0 Å². The van der Waals surface area contributed by atoms with Crippen molar-refractivity contribution in [2.45, 2.75) is 362 Å². The predicted octanol–water partition coefficient (Wildman–Crippen LogP) is 21.3. The quantitative estimate of drug-likeness (QED) is 0.0819. The number of hydrogen-bond donors (Lipinski definition) is 0. The smallest absolute Gasteiger partial charge is 0.311 e. The van der Waals surface area contributed by atoms with E-state index in [-0.39, 0.29) is 133 Å². The summed E-state index contributed by atoms with van der Waals surface area (Å²) in [7, 11) is 0. The molecule has 18 saturated carbocycles. The van der Waals surface area contributed by atoms with Crippen LogP contribution in [0.25, 0.3) is 0 Å². The Bertz CT molecular complexity index is 2900. The zero-order valence-electron chi connectivity index (χ0n) is 61.0. The first-order chi connectivity index (χ1) is 45.2. The Labute approximate surface area is 615 Å². The highest BCUT2D eigenvalue weighted by Crippen LogP contribution is 2.73. The molecular weight excluding hydrogens is 1260 g/mol. The summed E-state index contributed by atoms with van der Waals surface area (Å²) >= 11 is 0. The molecule has 0 aromatic rings. The molecule has 0 heterocycles. The molecule has 18 rings (SSSR count). The van der Waals surface area contributed by atoms with Crippen LogP contribution >= 0.6 is 0 Å². The lowest BCUT2D eigenvalue weighted by Crippen LogP contribution is -2.58. The summed E-state index contributed by atoms with van der Waals surface area (Å²) in [6.07, 6.45) is 35.0. The van der Waals surface area contributed by atoms with Crippen molar-refractivity contribution in [3.63, 3.8) is 0 Å². The largest absolute Gasteiger partial charge is 0.462 e. The highest BCUT2D eigenvalue weighted by atomic mass is 16.6. The molecule has 0 aromatic heterocycles. The second kappa shape index (κ2) is 30.1. The average Bonchev–Trinajstić information content (AvgIpc) is 1.64. The van der Waals surface area contributed by atoms with Gasteiger partial charge in [0.15, 0.2) is 0 Å². The van der Waals surface area contributed by atoms with Gasteiger partial charge >= 0.3 is 35.8 Å². The van der Waals surface area contributed by atoms with E-state index in [1.54, 1.807) is 0 Å². The molecule has 24 unspecified atom stereocenters. The molecule has 12 heteroatoms. The van der Waals surface area contributed by atoms with Crippen molar-refractivity contribution in [3.8, 4) is 0 Å². The Kier molecular flexibility index (Phi) is 24.4. The summed E-state index contributed by atoms with van der Waals surface area (Å²) in [5.74, 6) is 14.4. The molecule has 18 fully saturated rings. The molecule has 0 aliphatic heterocycles.